The molecule has 0 bridgehead atoms. The van der Waals surface area contributed by atoms with Gasteiger partial charge in [-0.25, -0.2) is 9.97 Å². The molecule has 30 heavy (non-hydrogen) atoms. The van der Waals surface area contributed by atoms with E-state index in [0.717, 1.165) is 11.1 Å². The number of carbonyl (C=O) groups is 1. The van der Waals surface area contributed by atoms with Crippen molar-refractivity contribution in [2.45, 2.75) is 20.8 Å². The highest BCUT2D eigenvalue weighted by atomic mass is 16.1. The molecule has 7 nitrogen and oxygen atoms in total. The molecule has 0 spiro atoms. The average molecular weight is 400 g/mol. The molecule has 2 aromatic carbocycles. The molecule has 0 radical (unpaired) electrons. The minimum atomic E-state index is -0.277. The van der Waals surface area contributed by atoms with Crippen molar-refractivity contribution in [3.05, 3.63) is 65.2 Å². The average Bonchev–Trinajstić information content (AvgIpc) is 3.00. The summed E-state index contributed by atoms with van der Waals surface area (Å²) in [4.78, 5) is 22.3. The van der Waals surface area contributed by atoms with Crippen LogP contribution in [-0.2, 0) is 0 Å². The largest absolute Gasteiger partial charge is 0.383 e. The van der Waals surface area contributed by atoms with Crippen LogP contribution < -0.4 is 11.1 Å². The third-order valence-electron chi connectivity index (χ3n) is 4.87. The Balaban J connectivity index is 1.90. The zero-order valence-corrected chi connectivity index (χ0v) is 17.3. The van der Waals surface area contributed by atoms with Crippen LogP contribution in [0.5, 0.6) is 0 Å². The molecule has 0 saturated heterocycles. The summed E-state index contributed by atoms with van der Waals surface area (Å²) in [7, 11) is 0. The van der Waals surface area contributed by atoms with Crippen molar-refractivity contribution in [2.75, 3.05) is 12.3 Å². The van der Waals surface area contributed by atoms with E-state index in [4.69, 9.17) is 10.7 Å². The van der Waals surface area contributed by atoms with Crippen LogP contribution in [0.15, 0.2) is 53.6 Å². The van der Waals surface area contributed by atoms with Crippen LogP contribution in [-0.4, -0.2) is 33.3 Å². The smallest absolute Gasteiger partial charge is 0.257 e. The Hall–Kier alpha value is -3.74. The summed E-state index contributed by atoms with van der Waals surface area (Å²) < 4.78 is 1.49. The number of benzene rings is 2. The van der Waals surface area contributed by atoms with E-state index in [-0.39, 0.29) is 11.7 Å². The van der Waals surface area contributed by atoms with Crippen LogP contribution in [0.3, 0.4) is 0 Å². The fraction of sp³-hybridized carbons (Fsp3) is 0.217. The number of rotatable bonds is 5. The number of nitrogens with zero attached hydrogens (tertiary/aromatic N) is 4. The highest BCUT2D eigenvalue weighted by Gasteiger charge is 2.24. The SMILES string of the molecule is Cc1ccccc1C=Nn1c(N)c(C(=O)NCC(C)C)c2nc3ccccc3nc21. The van der Waals surface area contributed by atoms with Crippen molar-refractivity contribution in [3.8, 4) is 0 Å². The highest BCUT2D eigenvalue weighted by Crippen LogP contribution is 2.27. The van der Waals surface area contributed by atoms with Crippen molar-refractivity contribution in [3.63, 3.8) is 0 Å². The number of amides is 1. The number of carbonyl (C=O) groups excluding carboxylic acids is 1. The number of anilines is 1. The second kappa shape index (κ2) is 7.94. The lowest BCUT2D eigenvalue weighted by Crippen LogP contribution is -2.28. The molecule has 4 rings (SSSR count). The Bertz CT molecular complexity index is 1270. The maximum absolute atomic E-state index is 12.9. The second-order valence-electron chi connectivity index (χ2n) is 7.66. The number of para-hydroxylation sites is 2. The second-order valence-corrected chi connectivity index (χ2v) is 7.66. The molecule has 0 atom stereocenters. The van der Waals surface area contributed by atoms with E-state index in [9.17, 15) is 4.79 Å². The standard InChI is InChI=1S/C23H24N6O/c1-14(2)12-25-23(30)19-20-22(28-18-11-7-6-10-17(18)27-20)29(21(19)24)26-13-16-9-5-4-8-15(16)3/h4-11,13-14H,12,24H2,1-3H3,(H,25,30). The molecule has 1 amide bonds. The zero-order chi connectivity index (χ0) is 21.3. The van der Waals surface area contributed by atoms with E-state index in [1.165, 1.54) is 4.68 Å². The fourth-order valence-electron chi connectivity index (χ4n) is 3.22. The minimum absolute atomic E-state index is 0.214. The highest BCUT2D eigenvalue weighted by molar-refractivity contribution is 6.10. The van der Waals surface area contributed by atoms with E-state index in [0.29, 0.717) is 40.2 Å². The molecule has 0 fully saturated rings. The monoisotopic (exact) mass is 400 g/mol. The van der Waals surface area contributed by atoms with Gasteiger partial charge in [-0.2, -0.15) is 9.78 Å². The number of nitrogen functional groups attached to an aromatic ring is 1. The number of aryl methyl sites for hydroxylation is 1. The third kappa shape index (κ3) is 3.61. The van der Waals surface area contributed by atoms with Gasteiger partial charge in [0, 0.05) is 6.54 Å². The summed E-state index contributed by atoms with van der Waals surface area (Å²) in [6.07, 6.45) is 1.72. The van der Waals surface area contributed by atoms with Gasteiger partial charge >= 0.3 is 0 Å². The van der Waals surface area contributed by atoms with Gasteiger partial charge in [0.25, 0.3) is 5.91 Å². The maximum Gasteiger partial charge on any atom is 0.257 e. The topological polar surface area (TPSA) is 98.2 Å². The minimum Gasteiger partial charge on any atom is -0.383 e. The number of nitrogens with one attached hydrogen (secondary N) is 1. The van der Waals surface area contributed by atoms with Crippen LogP contribution in [0, 0.1) is 12.8 Å². The Kier molecular flexibility index (Phi) is 5.18. The van der Waals surface area contributed by atoms with Gasteiger partial charge in [0.15, 0.2) is 5.65 Å². The van der Waals surface area contributed by atoms with Crippen molar-refractivity contribution in [2.24, 2.45) is 11.0 Å². The number of fused-ring (bicyclic) bond motifs is 2. The van der Waals surface area contributed by atoms with E-state index in [1.54, 1.807) is 6.21 Å². The van der Waals surface area contributed by atoms with Gasteiger partial charge in [-0.05, 0) is 36.1 Å². The van der Waals surface area contributed by atoms with Crippen LogP contribution in [0.1, 0.15) is 35.3 Å². The molecule has 0 aliphatic heterocycles. The molecular formula is C23H24N6O. The molecule has 3 N–H and O–H groups in total. The first-order chi connectivity index (χ1) is 14.5. The number of aromatic nitrogens is 3. The quantitative estimate of drug-likeness (QED) is 0.499. The molecule has 2 aromatic heterocycles. The molecule has 7 heteroatoms. The van der Waals surface area contributed by atoms with Gasteiger partial charge in [0.1, 0.15) is 16.9 Å². The fourth-order valence-corrected chi connectivity index (χ4v) is 3.22. The van der Waals surface area contributed by atoms with E-state index in [1.807, 2.05) is 69.3 Å². The molecule has 0 aliphatic rings. The van der Waals surface area contributed by atoms with E-state index >= 15 is 0 Å². The summed E-state index contributed by atoms with van der Waals surface area (Å²) in [5, 5.41) is 7.48. The summed E-state index contributed by atoms with van der Waals surface area (Å²) >= 11 is 0. The molecule has 152 valence electrons. The number of hydrogen-bond acceptors (Lipinski definition) is 5. The number of nitrogens with two attached hydrogens (primary N) is 1. The van der Waals surface area contributed by atoms with Crippen LogP contribution >= 0.6 is 0 Å². The zero-order valence-electron chi connectivity index (χ0n) is 17.3. The lowest BCUT2D eigenvalue weighted by Gasteiger charge is -2.07. The molecule has 0 aliphatic carbocycles. The van der Waals surface area contributed by atoms with Gasteiger partial charge in [-0.15, -0.1) is 0 Å². The molecular weight excluding hydrogens is 376 g/mol. The Morgan fingerprint density at radius 2 is 1.80 bits per heavy atom. The van der Waals surface area contributed by atoms with Gasteiger partial charge in [-0.3, -0.25) is 4.79 Å². The number of hydrogen-bond donors (Lipinski definition) is 2. The Morgan fingerprint density at radius 3 is 2.50 bits per heavy atom. The predicted molar refractivity (Wildman–Crippen MR) is 121 cm³/mol. The third-order valence-corrected chi connectivity index (χ3v) is 4.87. The van der Waals surface area contributed by atoms with Crippen molar-refractivity contribution in [1.82, 2.24) is 20.0 Å². The van der Waals surface area contributed by atoms with Gasteiger partial charge in [0.2, 0.25) is 0 Å². The lowest BCUT2D eigenvalue weighted by atomic mass is 10.1. The molecule has 4 aromatic rings. The summed E-state index contributed by atoms with van der Waals surface area (Å²) in [5.41, 5.74) is 11.0. The molecule has 0 unspecified atom stereocenters. The van der Waals surface area contributed by atoms with Crippen LogP contribution in [0.25, 0.3) is 22.2 Å². The van der Waals surface area contributed by atoms with Gasteiger partial charge in [0.05, 0.1) is 17.2 Å². The van der Waals surface area contributed by atoms with Gasteiger partial charge < -0.3 is 11.1 Å². The summed E-state index contributed by atoms with van der Waals surface area (Å²) in [6, 6.07) is 15.4. The van der Waals surface area contributed by atoms with Crippen LogP contribution in [0.4, 0.5) is 5.82 Å². The summed E-state index contributed by atoms with van der Waals surface area (Å²) in [6.45, 7) is 6.62. The predicted octanol–water partition coefficient (Wildman–Crippen LogP) is 3.74. The van der Waals surface area contributed by atoms with Crippen molar-refractivity contribution < 1.29 is 4.79 Å². The first-order valence-electron chi connectivity index (χ1n) is 9.90. The lowest BCUT2D eigenvalue weighted by molar-refractivity contribution is 0.0951. The van der Waals surface area contributed by atoms with E-state index < -0.39 is 0 Å². The van der Waals surface area contributed by atoms with Crippen molar-refractivity contribution in [1.29, 1.82) is 0 Å². The molecule has 0 saturated carbocycles. The summed E-state index contributed by atoms with van der Waals surface area (Å²) in [5.74, 6) is 0.251. The van der Waals surface area contributed by atoms with Gasteiger partial charge in [-0.1, -0.05) is 50.2 Å². The van der Waals surface area contributed by atoms with E-state index in [2.05, 4.69) is 15.4 Å². The normalized spacial score (nSPS) is 11.7. The van der Waals surface area contributed by atoms with Crippen LogP contribution in [0.2, 0.25) is 0 Å². The Morgan fingerprint density at radius 1 is 1.13 bits per heavy atom. The maximum atomic E-state index is 12.9. The first-order valence-corrected chi connectivity index (χ1v) is 9.90. The molecule has 2 heterocycles. The van der Waals surface area contributed by atoms with Crippen molar-refractivity contribution >= 4 is 40.1 Å². The first kappa shape index (κ1) is 19.6. The Labute approximate surface area is 174 Å².